The lowest BCUT2D eigenvalue weighted by Crippen LogP contribution is -2.46. The van der Waals surface area contributed by atoms with Gasteiger partial charge in [0, 0.05) is 35.9 Å². The first-order valence-electron chi connectivity index (χ1n) is 7.47. The van der Waals surface area contributed by atoms with E-state index in [1.807, 2.05) is 0 Å². The lowest BCUT2D eigenvalue weighted by Gasteiger charge is -2.26. The molecule has 1 aromatic heterocycles. The normalized spacial score (nSPS) is 12.0. The molecule has 0 aliphatic carbocycles. The van der Waals surface area contributed by atoms with Crippen LogP contribution in [0.15, 0.2) is 18.2 Å². The van der Waals surface area contributed by atoms with Crippen molar-refractivity contribution in [3.8, 4) is 0 Å². The molecule has 0 bridgehead atoms. The van der Waals surface area contributed by atoms with Crippen LogP contribution in [-0.4, -0.2) is 51.9 Å². The Bertz CT molecular complexity index is 834. The number of H-pyrrole nitrogens is 1. The molecular formula is C16H17Cl2N3O4. The molecule has 7 nitrogen and oxygen atoms in total. The molecule has 2 amide bonds. The maximum absolute atomic E-state index is 12.8. The summed E-state index contributed by atoms with van der Waals surface area (Å²) in [5.74, 6) is -2.00. The minimum absolute atomic E-state index is 0.0261. The van der Waals surface area contributed by atoms with Crippen LogP contribution in [0, 0.1) is 0 Å². The number of aromatic nitrogens is 1. The number of amides is 2. The van der Waals surface area contributed by atoms with Crippen molar-refractivity contribution in [3.05, 3.63) is 33.9 Å². The summed E-state index contributed by atoms with van der Waals surface area (Å²) in [6.07, 6.45) is 0. The van der Waals surface area contributed by atoms with Crippen molar-refractivity contribution in [3.63, 3.8) is 0 Å². The molecule has 9 heteroatoms. The Morgan fingerprint density at radius 3 is 2.60 bits per heavy atom. The van der Waals surface area contributed by atoms with Gasteiger partial charge in [0.2, 0.25) is 5.91 Å². The van der Waals surface area contributed by atoms with Gasteiger partial charge < -0.3 is 20.3 Å². The topological polar surface area (TPSA) is 103 Å². The van der Waals surface area contributed by atoms with E-state index in [4.69, 9.17) is 23.2 Å². The molecule has 3 N–H and O–H groups in total. The van der Waals surface area contributed by atoms with Crippen LogP contribution in [0.1, 0.15) is 24.3 Å². The van der Waals surface area contributed by atoms with Gasteiger partial charge in [0.15, 0.2) is 0 Å². The van der Waals surface area contributed by atoms with Crippen LogP contribution >= 0.6 is 23.2 Å². The fourth-order valence-corrected chi connectivity index (χ4v) is 2.84. The highest BCUT2D eigenvalue weighted by atomic mass is 35.5. The lowest BCUT2D eigenvalue weighted by atomic mass is 10.2. The number of nitrogens with one attached hydrogen (secondary N) is 2. The standard InChI is InChI=1S/C16H17Cl2N3O4/c1-8(16(24)25)21(6-5-19-9(2)22)15(23)14-13(18)11-7-10(17)3-4-12(11)20-14/h3-4,7-8,20H,5-6H2,1-2H3,(H,19,22)(H,24,25). The molecule has 0 saturated heterocycles. The van der Waals surface area contributed by atoms with Gasteiger partial charge in [-0.2, -0.15) is 0 Å². The van der Waals surface area contributed by atoms with E-state index in [0.717, 1.165) is 4.90 Å². The van der Waals surface area contributed by atoms with Gasteiger partial charge in [-0.05, 0) is 25.1 Å². The number of carboxylic acid groups (broad SMARTS) is 1. The number of fused-ring (bicyclic) bond motifs is 1. The fourth-order valence-electron chi connectivity index (χ4n) is 2.38. The van der Waals surface area contributed by atoms with Crippen LogP contribution in [0.4, 0.5) is 0 Å². The Kier molecular flexibility index (Phi) is 5.92. The molecule has 0 radical (unpaired) electrons. The zero-order valence-electron chi connectivity index (χ0n) is 13.6. The Morgan fingerprint density at radius 2 is 2.00 bits per heavy atom. The molecule has 2 aromatic rings. The second kappa shape index (κ2) is 7.76. The first-order valence-corrected chi connectivity index (χ1v) is 8.23. The number of carbonyl (C=O) groups excluding carboxylic acids is 2. The van der Waals surface area contributed by atoms with Crippen LogP contribution < -0.4 is 5.32 Å². The van der Waals surface area contributed by atoms with E-state index >= 15 is 0 Å². The number of hydrogen-bond donors (Lipinski definition) is 3. The summed E-state index contributed by atoms with van der Waals surface area (Å²) in [5, 5.41) is 13.0. The minimum atomic E-state index is -1.16. The zero-order valence-corrected chi connectivity index (χ0v) is 15.1. The number of rotatable bonds is 6. The second-order valence-corrected chi connectivity index (χ2v) is 6.31. The van der Waals surface area contributed by atoms with E-state index in [-0.39, 0.29) is 29.7 Å². The van der Waals surface area contributed by atoms with Gasteiger partial charge in [-0.15, -0.1) is 0 Å². The highest BCUT2D eigenvalue weighted by molar-refractivity contribution is 6.39. The fraction of sp³-hybridized carbons (Fsp3) is 0.312. The molecule has 1 aromatic carbocycles. The van der Waals surface area contributed by atoms with Gasteiger partial charge in [0.25, 0.3) is 5.91 Å². The molecule has 0 fully saturated rings. The SMILES string of the molecule is CC(=O)NCCN(C(=O)c1[nH]c2ccc(Cl)cc2c1Cl)C(C)C(=O)O. The number of carboxylic acids is 1. The summed E-state index contributed by atoms with van der Waals surface area (Å²) in [6, 6.07) is 3.86. The summed E-state index contributed by atoms with van der Waals surface area (Å²) < 4.78 is 0. The number of carbonyl (C=O) groups is 3. The summed E-state index contributed by atoms with van der Waals surface area (Å²) in [7, 11) is 0. The zero-order chi connectivity index (χ0) is 18.7. The first-order chi connectivity index (χ1) is 11.7. The number of aromatic amines is 1. The van der Waals surface area contributed by atoms with Gasteiger partial charge in [-0.1, -0.05) is 23.2 Å². The van der Waals surface area contributed by atoms with Gasteiger partial charge in [0.05, 0.1) is 5.02 Å². The molecule has 25 heavy (non-hydrogen) atoms. The van der Waals surface area contributed by atoms with Crippen LogP contribution in [0.3, 0.4) is 0 Å². The van der Waals surface area contributed by atoms with Crippen molar-refractivity contribution in [2.75, 3.05) is 13.1 Å². The van der Waals surface area contributed by atoms with Crippen molar-refractivity contribution < 1.29 is 19.5 Å². The molecule has 1 atom stereocenters. The predicted octanol–water partition coefficient (Wildman–Crippen LogP) is 2.53. The first kappa shape index (κ1) is 19.1. The van der Waals surface area contributed by atoms with E-state index in [0.29, 0.717) is 15.9 Å². The highest BCUT2D eigenvalue weighted by Crippen LogP contribution is 2.30. The van der Waals surface area contributed by atoms with Gasteiger partial charge >= 0.3 is 5.97 Å². The molecular weight excluding hydrogens is 369 g/mol. The van der Waals surface area contributed by atoms with E-state index < -0.39 is 17.9 Å². The third kappa shape index (κ3) is 4.24. The predicted molar refractivity (Wildman–Crippen MR) is 95.1 cm³/mol. The van der Waals surface area contributed by atoms with Crippen LogP contribution in [0.2, 0.25) is 10.0 Å². The average molecular weight is 386 g/mol. The highest BCUT2D eigenvalue weighted by Gasteiger charge is 2.29. The maximum atomic E-state index is 12.8. The molecule has 1 heterocycles. The summed E-state index contributed by atoms with van der Waals surface area (Å²) in [5.41, 5.74) is 0.692. The third-order valence-electron chi connectivity index (χ3n) is 3.72. The molecule has 2 rings (SSSR count). The van der Waals surface area contributed by atoms with Gasteiger partial charge in [-0.25, -0.2) is 4.79 Å². The Labute approximate surface area is 153 Å². The van der Waals surface area contributed by atoms with E-state index in [2.05, 4.69) is 10.3 Å². The van der Waals surface area contributed by atoms with Crippen LogP contribution in [-0.2, 0) is 9.59 Å². The third-order valence-corrected chi connectivity index (χ3v) is 4.35. The number of benzene rings is 1. The maximum Gasteiger partial charge on any atom is 0.326 e. The summed E-state index contributed by atoms with van der Waals surface area (Å²) in [4.78, 5) is 39.2. The largest absolute Gasteiger partial charge is 0.480 e. The van der Waals surface area contributed by atoms with Gasteiger partial charge in [-0.3, -0.25) is 9.59 Å². The second-order valence-electron chi connectivity index (χ2n) is 5.50. The number of aliphatic carboxylic acids is 1. The Morgan fingerprint density at radius 1 is 1.32 bits per heavy atom. The Hall–Kier alpha value is -2.25. The summed E-state index contributed by atoms with van der Waals surface area (Å²) >= 11 is 12.2. The molecule has 0 aliphatic heterocycles. The lowest BCUT2D eigenvalue weighted by molar-refractivity contribution is -0.141. The summed E-state index contributed by atoms with van der Waals surface area (Å²) in [6.45, 7) is 2.88. The number of halogens is 2. The molecule has 0 spiro atoms. The van der Waals surface area contributed by atoms with E-state index in [1.165, 1.54) is 13.8 Å². The average Bonchev–Trinajstić information content (AvgIpc) is 2.86. The van der Waals surface area contributed by atoms with E-state index in [9.17, 15) is 19.5 Å². The van der Waals surface area contributed by atoms with Crippen LogP contribution in [0.5, 0.6) is 0 Å². The molecule has 0 aliphatic rings. The van der Waals surface area contributed by atoms with Crippen molar-refractivity contribution in [2.45, 2.75) is 19.9 Å². The molecule has 1 unspecified atom stereocenters. The smallest absolute Gasteiger partial charge is 0.326 e. The van der Waals surface area contributed by atoms with Crippen molar-refractivity contribution in [1.82, 2.24) is 15.2 Å². The van der Waals surface area contributed by atoms with Crippen molar-refractivity contribution in [1.29, 1.82) is 0 Å². The van der Waals surface area contributed by atoms with Crippen LogP contribution in [0.25, 0.3) is 10.9 Å². The van der Waals surface area contributed by atoms with Gasteiger partial charge in [0.1, 0.15) is 11.7 Å². The van der Waals surface area contributed by atoms with Crippen molar-refractivity contribution in [2.24, 2.45) is 0 Å². The van der Waals surface area contributed by atoms with Crippen molar-refractivity contribution >= 4 is 51.9 Å². The van der Waals surface area contributed by atoms with E-state index in [1.54, 1.807) is 18.2 Å². The minimum Gasteiger partial charge on any atom is -0.480 e. The molecule has 0 saturated carbocycles. The monoisotopic (exact) mass is 385 g/mol. The quantitative estimate of drug-likeness (QED) is 0.710. The molecule has 134 valence electrons. The number of hydrogen-bond acceptors (Lipinski definition) is 3. The number of nitrogens with zero attached hydrogens (tertiary/aromatic N) is 1. The Balaban J connectivity index is 2.36.